The second-order valence-corrected chi connectivity index (χ2v) is 3.38. The first-order chi connectivity index (χ1) is 6.15. The maximum Gasteiger partial charge on any atom is 0.196 e. The number of hydrogen-bond donors (Lipinski definition) is 0. The average Bonchev–Trinajstić information content (AvgIpc) is 2.53. The van der Waals surface area contributed by atoms with E-state index in [0.717, 1.165) is 18.1 Å². The van der Waals surface area contributed by atoms with Crippen LogP contribution >= 0.6 is 0 Å². The Labute approximate surface area is 81.4 Å². The van der Waals surface area contributed by atoms with Gasteiger partial charge in [0.15, 0.2) is 5.89 Å². The van der Waals surface area contributed by atoms with E-state index in [1.54, 1.807) is 6.20 Å². The zero-order valence-electron chi connectivity index (χ0n) is 9.42. The number of oxazole rings is 1. The first-order valence-electron chi connectivity index (χ1n) is 5.10. The highest BCUT2D eigenvalue weighted by Gasteiger charge is 2.04. The van der Waals surface area contributed by atoms with Crippen LogP contribution in [0.3, 0.4) is 0 Å². The Kier molecular flexibility index (Phi) is 6.29. The summed E-state index contributed by atoms with van der Waals surface area (Å²) in [5.74, 6) is 2.22. The van der Waals surface area contributed by atoms with Gasteiger partial charge in [0.2, 0.25) is 0 Å². The van der Waals surface area contributed by atoms with Crippen LogP contribution in [0.1, 0.15) is 58.6 Å². The fourth-order valence-electron chi connectivity index (χ4n) is 0.753. The van der Waals surface area contributed by atoms with Gasteiger partial charge in [-0.25, -0.2) is 4.98 Å². The third-order valence-electron chi connectivity index (χ3n) is 1.41. The lowest BCUT2D eigenvalue weighted by molar-refractivity contribution is 0.439. The SMILES string of the molecule is CCC.CCc1cnc(C(C)C)o1. The summed E-state index contributed by atoms with van der Waals surface area (Å²) in [6, 6.07) is 0. The van der Waals surface area contributed by atoms with Gasteiger partial charge >= 0.3 is 0 Å². The minimum atomic E-state index is 0.403. The Bertz CT molecular complexity index is 216. The maximum atomic E-state index is 5.38. The van der Waals surface area contributed by atoms with E-state index in [1.165, 1.54) is 6.42 Å². The summed E-state index contributed by atoms with van der Waals surface area (Å²) in [5.41, 5.74) is 0. The molecule has 0 fully saturated rings. The van der Waals surface area contributed by atoms with Crippen LogP contribution in [0.5, 0.6) is 0 Å². The summed E-state index contributed by atoms with van der Waals surface area (Å²) in [4.78, 5) is 4.12. The molecular formula is C11H21NO. The van der Waals surface area contributed by atoms with E-state index in [9.17, 15) is 0 Å². The van der Waals surface area contributed by atoms with Gasteiger partial charge in [-0.05, 0) is 0 Å². The Morgan fingerprint density at radius 2 is 1.85 bits per heavy atom. The van der Waals surface area contributed by atoms with Gasteiger partial charge in [-0.3, -0.25) is 0 Å². The van der Waals surface area contributed by atoms with Gasteiger partial charge in [-0.1, -0.05) is 41.0 Å². The summed E-state index contributed by atoms with van der Waals surface area (Å²) in [6.07, 6.45) is 3.98. The van der Waals surface area contributed by atoms with Crippen LogP contribution in [0.15, 0.2) is 10.6 Å². The van der Waals surface area contributed by atoms with Gasteiger partial charge in [0.25, 0.3) is 0 Å². The van der Waals surface area contributed by atoms with Crippen molar-refractivity contribution in [2.75, 3.05) is 0 Å². The third kappa shape index (κ3) is 4.71. The molecule has 0 aliphatic carbocycles. The molecule has 0 amide bonds. The highest BCUT2D eigenvalue weighted by Crippen LogP contribution is 2.13. The van der Waals surface area contributed by atoms with E-state index in [4.69, 9.17) is 4.42 Å². The standard InChI is InChI=1S/C8H13NO.C3H8/c1-4-7-5-9-8(10-7)6(2)3;1-3-2/h5-6H,4H2,1-3H3;3H2,1-2H3. The molecule has 1 rings (SSSR count). The van der Waals surface area contributed by atoms with Crippen LogP contribution in [-0.2, 0) is 6.42 Å². The lowest BCUT2D eigenvalue weighted by atomic mass is 10.2. The second-order valence-electron chi connectivity index (χ2n) is 3.38. The zero-order valence-corrected chi connectivity index (χ0v) is 9.42. The number of nitrogens with zero attached hydrogens (tertiary/aromatic N) is 1. The molecule has 2 heteroatoms. The van der Waals surface area contributed by atoms with Crippen molar-refractivity contribution in [3.05, 3.63) is 17.8 Å². The normalized spacial score (nSPS) is 9.69. The van der Waals surface area contributed by atoms with E-state index < -0.39 is 0 Å². The van der Waals surface area contributed by atoms with E-state index in [2.05, 4.69) is 39.6 Å². The monoisotopic (exact) mass is 183 g/mol. The highest BCUT2D eigenvalue weighted by atomic mass is 16.4. The predicted molar refractivity (Wildman–Crippen MR) is 55.9 cm³/mol. The van der Waals surface area contributed by atoms with Gasteiger partial charge < -0.3 is 4.42 Å². The minimum absolute atomic E-state index is 0.403. The van der Waals surface area contributed by atoms with E-state index in [1.807, 2.05) is 0 Å². The van der Waals surface area contributed by atoms with E-state index in [0.29, 0.717) is 5.92 Å². The molecule has 0 aromatic carbocycles. The number of aryl methyl sites for hydroxylation is 1. The molecule has 0 bridgehead atoms. The highest BCUT2D eigenvalue weighted by molar-refractivity contribution is 4.96. The number of aromatic nitrogens is 1. The molecule has 0 radical (unpaired) electrons. The predicted octanol–water partition coefficient (Wildman–Crippen LogP) is 3.78. The van der Waals surface area contributed by atoms with E-state index in [-0.39, 0.29) is 0 Å². The maximum absolute atomic E-state index is 5.38. The molecule has 13 heavy (non-hydrogen) atoms. The summed E-state index contributed by atoms with van der Waals surface area (Å²) < 4.78 is 5.38. The first kappa shape index (κ1) is 12.2. The number of hydrogen-bond acceptors (Lipinski definition) is 2. The second kappa shape index (κ2) is 6.70. The molecule has 0 spiro atoms. The molecule has 0 saturated heterocycles. The van der Waals surface area contributed by atoms with Gasteiger partial charge in [-0.15, -0.1) is 0 Å². The van der Waals surface area contributed by atoms with Crippen LogP contribution < -0.4 is 0 Å². The topological polar surface area (TPSA) is 26.0 Å². The quantitative estimate of drug-likeness (QED) is 0.697. The van der Waals surface area contributed by atoms with Gasteiger partial charge in [0.1, 0.15) is 5.76 Å². The largest absolute Gasteiger partial charge is 0.445 e. The average molecular weight is 183 g/mol. The van der Waals surface area contributed by atoms with Crippen LogP contribution in [0.2, 0.25) is 0 Å². The van der Waals surface area contributed by atoms with Crippen molar-refractivity contribution in [3.63, 3.8) is 0 Å². The van der Waals surface area contributed by atoms with Crippen molar-refractivity contribution >= 4 is 0 Å². The van der Waals surface area contributed by atoms with E-state index >= 15 is 0 Å². The zero-order chi connectivity index (χ0) is 10.3. The first-order valence-corrected chi connectivity index (χ1v) is 5.10. The molecule has 0 aliphatic rings. The lowest BCUT2D eigenvalue weighted by Crippen LogP contribution is -1.84. The van der Waals surface area contributed by atoms with Crippen molar-refractivity contribution in [2.24, 2.45) is 0 Å². The van der Waals surface area contributed by atoms with Crippen LogP contribution in [0.4, 0.5) is 0 Å². The minimum Gasteiger partial charge on any atom is -0.445 e. The van der Waals surface area contributed by atoms with Crippen LogP contribution in [0.25, 0.3) is 0 Å². The van der Waals surface area contributed by atoms with Crippen molar-refractivity contribution in [1.29, 1.82) is 0 Å². The van der Waals surface area contributed by atoms with Crippen molar-refractivity contribution in [1.82, 2.24) is 4.98 Å². The summed E-state index contributed by atoms with van der Waals surface area (Å²) in [7, 11) is 0. The Balaban J connectivity index is 0.000000424. The molecule has 1 aromatic heterocycles. The van der Waals surface area contributed by atoms with Crippen molar-refractivity contribution < 1.29 is 4.42 Å². The summed E-state index contributed by atoms with van der Waals surface area (Å²) in [5, 5.41) is 0. The van der Waals surface area contributed by atoms with Gasteiger partial charge in [0.05, 0.1) is 6.20 Å². The Hall–Kier alpha value is -0.790. The Morgan fingerprint density at radius 1 is 1.31 bits per heavy atom. The van der Waals surface area contributed by atoms with Crippen molar-refractivity contribution in [3.8, 4) is 0 Å². The fraction of sp³-hybridized carbons (Fsp3) is 0.727. The molecule has 0 aliphatic heterocycles. The molecule has 1 aromatic rings. The van der Waals surface area contributed by atoms with Gasteiger partial charge in [0, 0.05) is 12.3 Å². The fourth-order valence-corrected chi connectivity index (χ4v) is 0.753. The van der Waals surface area contributed by atoms with Crippen LogP contribution in [0, 0.1) is 0 Å². The summed E-state index contributed by atoms with van der Waals surface area (Å²) >= 11 is 0. The summed E-state index contributed by atoms with van der Waals surface area (Å²) in [6.45, 7) is 10.5. The molecule has 0 N–H and O–H groups in total. The Morgan fingerprint density at radius 3 is 2.08 bits per heavy atom. The third-order valence-corrected chi connectivity index (χ3v) is 1.41. The lowest BCUT2D eigenvalue weighted by Gasteiger charge is -1.94. The molecule has 76 valence electrons. The number of rotatable bonds is 2. The van der Waals surface area contributed by atoms with Crippen molar-refractivity contribution in [2.45, 2.75) is 53.4 Å². The molecule has 0 atom stereocenters. The van der Waals surface area contributed by atoms with Crippen LogP contribution in [-0.4, -0.2) is 4.98 Å². The molecule has 0 saturated carbocycles. The van der Waals surface area contributed by atoms with Gasteiger partial charge in [-0.2, -0.15) is 0 Å². The molecule has 2 nitrogen and oxygen atoms in total. The smallest absolute Gasteiger partial charge is 0.196 e. The molecule has 0 unspecified atom stereocenters. The molecule has 1 heterocycles. The molecular weight excluding hydrogens is 162 g/mol.